The number of hydrogen-bond acceptors (Lipinski definition) is 5. The number of nitrogens with one attached hydrogen (secondary N) is 1. The number of aliphatic hydroxyl groups excluding tert-OH is 1. The van der Waals surface area contributed by atoms with Gasteiger partial charge in [0.15, 0.2) is 6.29 Å². The van der Waals surface area contributed by atoms with Crippen LogP contribution in [0.2, 0.25) is 0 Å². The predicted molar refractivity (Wildman–Crippen MR) is 95.3 cm³/mol. The fraction of sp³-hybridized carbons (Fsp3) is 0.353. The van der Waals surface area contributed by atoms with Gasteiger partial charge in [0.2, 0.25) is 0 Å². The fourth-order valence-electron chi connectivity index (χ4n) is 2.66. The van der Waals surface area contributed by atoms with Gasteiger partial charge in [-0.25, -0.2) is 4.98 Å². The molecule has 3 rings (SSSR count). The molecule has 0 bridgehead atoms. The van der Waals surface area contributed by atoms with Crippen molar-refractivity contribution in [2.75, 3.05) is 19.4 Å². The molecule has 0 saturated heterocycles. The zero-order valence-electron chi connectivity index (χ0n) is 14.2. The summed E-state index contributed by atoms with van der Waals surface area (Å²) < 4.78 is 45.5. The van der Waals surface area contributed by atoms with Gasteiger partial charge in [0.25, 0.3) is 0 Å². The maximum absolute atomic E-state index is 12.9. The quantitative estimate of drug-likeness (QED) is 0.775. The summed E-state index contributed by atoms with van der Waals surface area (Å²) in [5, 5.41) is 12.7. The van der Waals surface area contributed by atoms with Gasteiger partial charge in [0.1, 0.15) is 5.82 Å². The number of nitrogens with zero attached hydrogens (tertiary/aromatic N) is 2. The number of rotatable bonds is 5. The molecule has 0 fully saturated rings. The van der Waals surface area contributed by atoms with Crippen molar-refractivity contribution in [1.29, 1.82) is 0 Å². The Balaban J connectivity index is 1.97. The zero-order chi connectivity index (χ0) is 18.9. The number of alkyl halides is 3. The smallest absolute Gasteiger partial charge is 0.386 e. The molecule has 1 aliphatic rings. The van der Waals surface area contributed by atoms with Crippen molar-refractivity contribution in [3.8, 4) is 0 Å². The van der Waals surface area contributed by atoms with E-state index in [-0.39, 0.29) is 5.52 Å². The highest BCUT2D eigenvalue weighted by atomic mass is 32.2. The summed E-state index contributed by atoms with van der Waals surface area (Å²) in [6.07, 6.45) is -1.58. The maximum Gasteiger partial charge on any atom is 0.416 e. The number of aryl methyl sites for hydroxylation is 1. The zero-order valence-corrected chi connectivity index (χ0v) is 15.0. The molecule has 1 unspecified atom stereocenters. The van der Waals surface area contributed by atoms with Crippen molar-refractivity contribution in [2.45, 2.75) is 12.5 Å². The van der Waals surface area contributed by atoms with Crippen LogP contribution in [0.4, 0.5) is 13.2 Å². The number of aliphatic hydroxyl groups is 1. The van der Waals surface area contributed by atoms with Gasteiger partial charge in [-0.15, -0.1) is 11.8 Å². The Morgan fingerprint density at radius 3 is 2.88 bits per heavy atom. The molecular formula is C17H18F3N3O2S. The summed E-state index contributed by atoms with van der Waals surface area (Å²) in [4.78, 5) is 5.26. The molecule has 140 valence electrons. The molecule has 1 aromatic heterocycles. The second-order valence-electron chi connectivity index (χ2n) is 5.73. The van der Waals surface area contributed by atoms with Gasteiger partial charge in [-0.3, -0.25) is 0 Å². The van der Waals surface area contributed by atoms with E-state index in [2.05, 4.69) is 10.3 Å². The second kappa shape index (κ2) is 7.34. The molecule has 2 aromatic rings. The summed E-state index contributed by atoms with van der Waals surface area (Å²) in [5.74, 6) is 0.898. The number of halogens is 3. The van der Waals surface area contributed by atoms with Crippen LogP contribution >= 0.6 is 11.8 Å². The summed E-state index contributed by atoms with van der Waals surface area (Å²) >= 11 is 1.38. The van der Waals surface area contributed by atoms with E-state index in [1.54, 1.807) is 11.6 Å². The van der Waals surface area contributed by atoms with Gasteiger partial charge in [-0.2, -0.15) is 13.2 Å². The van der Waals surface area contributed by atoms with E-state index in [0.717, 1.165) is 22.6 Å². The molecule has 1 aliphatic heterocycles. The van der Waals surface area contributed by atoms with Gasteiger partial charge in [-0.1, -0.05) is 6.08 Å². The number of methoxy groups -OCH3 is 1. The van der Waals surface area contributed by atoms with Crippen molar-refractivity contribution in [2.24, 2.45) is 7.05 Å². The standard InChI is InChI=1S/C17H18F3N3O2S/c1-23-13-4-3-10(17(18,19)20)7-12(13)22-16(23)11-5-6-21-8-14(11)26-9-15(24)25-2/h3-5,7-8,15,21,24H,6,9H2,1-2H3. The highest BCUT2D eigenvalue weighted by Crippen LogP contribution is 2.36. The first kappa shape index (κ1) is 18.8. The molecule has 9 heteroatoms. The summed E-state index contributed by atoms with van der Waals surface area (Å²) in [6, 6.07) is 3.55. The molecule has 2 heterocycles. The molecular weight excluding hydrogens is 367 g/mol. The third kappa shape index (κ3) is 3.74. The molecule has 0 amide bonds. The number of hydrogen-bond donors (Lipinski definition) is 2. The number of fused-ring (bicyclic) bond motifs is 1. The number of thioether (sulfide) groups is 1. The van der Waals surface area contributed by atoms with Gasteiger partial charge in [0.05, 0.1) is 16.6 Å². The molecule has 2 N–H and O–H groups in total. The SMILES string of the molecule is COC(O)CSC1=CNCC=C1c1nc2cc(C(F)(F)F)ccc2n1C. The number of dihydropyridines is 1. The van der Waals surface area contributed by atoms with Crippen molar-refractivity contribution in [3.05, 3.63) is 46.8 Å². The van der Waals surface area contributed by atoms with Crippen LogP contribution in [-0.4, -0.2) is 40.4 Å². The van der Waals surface area contributed by atoms with Gasteiger partial charge < -0.3 is 19.7 Å². The third-order valence-electron chi connectivity index (χ3n) is 4.03. The minimum Gasteiger partial charge on any atom is -0.386 e. The van der Waals surface area contributed by atoms with Crippen LogP contribution in [0, 0.1) is 0 Å². The Kier molecular flexibility index (Phi) is 5.31. The highest BCUT2D eigenvalue weighted by Gasteiger charge is 2.31. The average Bonchev–Trinajstić information content (AvgIpc) is 2.95. The molecule has 0 radical (unpaired) electrons. The number of benzene rings is 1. The van der Waals surface area contributed by atoms with Crippen LogP contribution < -0.4 is 5.32 Å². The first-order chi connectivity index (χ1) is 12.3. The monoisotopic (exact) mass is 385 g/mol. The molecule has 26 heavy (non-hydrogen) atoms. The molecule has 1 aromatic carbocycles. The van der Waals surface area contributed by atoms with Gasteiger partial charge in [0, 0.05) is 43.1 Å². The number of imidazole rings is 1. The van der Waals surface area contributed by atoms with E-state index in [0.29, 0.717) is 23.6 Å². The minimum absolute atomic E-state index is 0.290. The topological polar surface area (TPSA) is 59.3 Å². The molecule has 0 aliphatic carbocycles. The van der Waals surface area contributed by atoms with Crippen molar-refractivity contribution in [1.82, 2.24) is 14.9 Å². The van der Waals surface area contributed by atoms with Gasteiger partial charge >= 0.3 is 6.18 Å². The van der Waals surface area contributed by atoms with E-state index >= 15 is 0 Å². The Morgan fingerprint density at radius 2 is 2.19 bits per heavy atom. The first-order valence-electron chi connectivity index (χ1n) is 7.83. The maximum atomic E-state index is 12.9. The van der Waals surface area contributed by atoms with E-state index in [1.165, 1.54) is 24.9 Å². The number of ether oxygens (including phenoxy) is 1. The van der Waals surface area contributed by atoms with Crippen molar-refractivity contribution < 1.29 is 23.0 Å². The molecule has 5 nitrogen and oxygen atoms in total. The lowest BCUT2D eigenvalue weighted by Crippen LogP contribution is -2.16. The van der Waals surface area contributed by atoms with E-state index in [4.69, 9.17) is 4.74 Å². The van der Waals surface area contributed by atoms with Crippen LogP contribution in [0.1, 0.15) is 11.4 Å². The van der Waals surface area contributed by atoms with Crippen LogP contribution in [0.3, 0.4) is 0 Å². The predicted octanol–water partition coefficient (Wildman–Crippen LogP) is 3.12. The summed E-state index contributed by atoms with van der Waals surface area (Å²) in [7, 11) is 3.19. The Labute approximate surface area is 152 Å². The van der Waals surface area contributed by atoms with Crippen LogP contribution in [0.5, 0.6) is 0 Å². The van der Waals surface area contributed by atoms with Gasteiger partial charge in [-0.05, 0) is 18.2 Å². The highest BCUT2D eigenvalue weighted by molar-refractivity contribution is 8.03. The van der Waals surface area contributed by atoms with E-state index < -0.39 is 18.0 Å². The summed E-state index contributed by atoms with van der Waals surface area (Å²) in [6.45, 7) is 0.587. The van der Waals surface area contributed by atoms with E-state index in [9.17, 15) is 18.3 Å². The average molecular weight is 385 g/mol. The Morgan fingerprint density at radius 1 is 1.42 bits per heavy atom. The minimum atomic E-state index is -4.41. The van der Waals surface area contributed by atoms with E-state index in [1.807, 2.05) is 12.3 Å². The van der Waals surface area contributed by atoms with Crippen molar-refractivity contribution in [3.63, 3.8) is 0 Å². The lowest BCUT2D eigenvalue weighted by Gasteiger charge is -2.17. The first-order valence-corrected chi connectivity index (χ1v) is 8.81. The number of allylic oxidation sites excluding steroid dienone is 1. The largest absolute Gasteiger partial charge is 0.416 e. The lowest BCUT2D eigenvalue weighted by atomic mass is 10.2. The Hall–Kier alpha value is -1.97. The van der Waals surface area contributed by atoms with Crippen LogP contribution in [0.25, 0.3) is 16.6 Å². The fourth-order valence-corrected chi connectivity index (χ4v) is 3.61. The van der Waals surface area contributed by atoms with Crippen LogP contribution in [0.15, 0.2) is 35.4 Å². The van der Waals surface area contributed by atoms with Crippen LogP contribution in [-0.2, 0) is 18.0 Å². The molecule has 0 saturated carbocycles. The lowest BCUT2D eigenvalue weighted by molar-refractivity contribution is -0.137. The normalized spacial score (nSPS) is 16.2. The van der Waals surface area contributed by atoms with Crippen molar-refractivity contribution >= 4 is 28.4 Å². The Bertz CT molecular complexity index is 874. The molecule has 1 atom stereocenters. The summed E-state index contributed by atoms with van der Waals surface area (Å²) in [5.41, 5.74) is 0.998. The third-order valence-corrected chi connectivity index (χ3v) is 5.13. The molecule has 0 spiro atoms. The second-order valence-corrected chi connectivity index (χ2v) is 6.79. The number of aromatic nitrogens is 2.